The van der Waals surface area contributed by atoms with Crippen molar-refractivity contribution in [3.05, 3.63) is 0 Å². The van der Waals surface area contributed by atoms with E-state index in [0.29, 0.717) is 25.6 Å². The van der Waals surface area contributed by atoms with Gasteiger partial charge in [0.25, 0.3) is 0 Å². The molecule has 1 saturated heterocycles. The van der Waals surface area contributed by atoms with Gasteiger partial charge in [-0.05, 0) is 40.2 Å². The van der Waals surface area contributed by atoms with E-state index in [1.807, 2.05) is 7.05 Å². The van der Waals surface area contributed by atoms with Crippen molar-refractivity contribution < 1.29 is 14.7 Å². The van der Waals surface area contributed by atoms with Gasteiger partial charge in [0.2, 0.25) is 0 Å². The number of piperidine rings is 1. The van der Waals surface area contributed by atoms with Crippen LogP contribution in [0.5, 0.6) is 0 Å². The number of nitrogens with zero attached hydrogens (tertiary/aromatic N) is 2. The van der Waals surface area contributed by atoms with Crippen LogP contribution >= 0.6 is 0 Å². The highest BCUT2D eigenvalue weighted by molar-refractivity contribution is 5.82. The highest BCUT2D eigenvalue weighted by Gasteiger charge is 2.31. The summed E-state index contributed by atoms with van der Waals surface area (Å²) >= 11 is 0. The Balaban J connectivity index is 2.41. The maximum Gasteiger partial charge on any atom is 0.326 e. The van der Waals surface area contributed by atoms with Gasteiger partial charge in [-0.25, -0.2) is 9.59 Å². The molecule has 0 bridgehead atoms. The van der Waals surface area contributed by atoms with Gasteiger partial charge >= 0.3 is 12.0 Å². The van der Waals surface area contributed by atoms with E-state index in [4.69, 9.17) is 5.11 Å². The molecule has 2 N–H and O–H groups in total. The minimum atomic E-state index is -0.908. The third-order valence-corrected chi connectivity index (χ3v) is 3.67. The quantitative estimate of drug-likeness (QED) is 0.781. The van der Waals surface area contributed by atoms with Gasteiger partial charge in [0.15, 0.2) is 0 Å². The number of hydrogen-bond acceptors (Lipinski definition) is 3. The number of amides is 2. The molecule has 1 rings (SSSR count). The number of carbonyl (C=O) groups is 2. The zero-order valence-corrected chi connectivity index (χ0v) is 12.1. The molecule has 6 heteroatoms. The molecule has 0 aromatic heterocycles. The molecule has 0 radical (unpaired) electrons. The molecule has 0 saturated carbocycles. The summed E-state index contributed by atoms with van der Waals surface area (Å²) in [5, 5.41) is 11.9. The standard InChI is InChI=1S/C13H25N3O3/c1-10(2)15(3)9-7-14-13(19)16-8-5-4-6-11(16)12(17)18/h10-11H,4-9H2,1-3H3,(H,14,19)(H,17,18). The lowest BCUT2D eigenvalue weighted by atomic mass is 10.0. The molecule has 1 heterocycles. The zero-order chi connectivity index (χ0) is 14.4. The van der Waals surface area contributed by atoms with E-state index in [2.05, 4.69) is 24.1 Å². The average Bonchev–Trinajstić information content (AvgIpc) is 2.38. The summed E-state index contributed by atoms with van der Waals surface area (Å²) in [5.41, 5.74) is 0. The molecule has 1 fully saturated rings. The fourth-order valence-electron chi connectivity index (χ4n) is 2.13. The SMILES string of the molecule is CC(C)N(C)CCNC(=O)N1CCCCC1C(=O)O. The van der Waals surface area contributed by atoms with Gasteiger partial charge < -0.3 is 20.2 Å². The number of carboxylic acids is 1. The minimum absolute atomic E-state index is 0.260. The molecule has 0 aromatic rings. The van der Waals surface area contributed by atoms with E-state index in [9.17, 15) is 9.59 Å². The van der Waals surface area contributed by atoms with Crippen molar-refractivity contribution in [3.8, 4) is 0 Å². The Kier molecular flexibility index (Phi) is 6.08. The minimum Gasteiger partial charge on any atom is -0.480 e. The summed E-state index contributed by atoms with van der Waals surface area (Å²) in [4.78, 5) is 26.7. The first-order valence-corrected chi connectivity index (χ1v) is 6.91. The van der Waals surface area contributed by atoms with Crippen LogP contribution in [0.4, 0.5) is 4.79 Å². The molecule has 0 aromatic carbocycles. The summed E-state index contributed by atoms with van der Waals surface area (Å²) in [5.74, 6) is -0.908. The van der Waals surface area contributed by atoms with Crippen molar-refractivity contribution in [2.75, 3.05) is 26.7 Å². The van der Waals surface area contributed by atoms with E-state index in [1.54, 1.807) is 0 Å². The van der Waals surface area contributed by atoms with Crippen LogP contribution < -0.4 is 5.32 Å². The molecular formula is C13H25N3O3. The number of hydrogen-bond donors (Lipinski definition) is 2. The monoisotopic (exact) mass is 271 g/mol. The first kappa shape index (κ1) is 15.8. The van der Waals surface area contributed by atoms with E-state index in [1.165, 1.54) is 4.90 Å². The van der Waals surface area contributed by atoms with E-state index in [-0.39, 0.29) is 6.03 Å². The topological polar surface area (TPSA) is 72.9 Å². The molecule has 19 heavy (non-hydrogen) atoms. The van der Waals surface area contributed by atoms with Crippen molar-refractivity contribution >= 4 is 12.0 Å². The average molecular weight is 271 g/mol. The Morgan fingerprint density at radius 3 is 2.68 bits per heavy atom. The second kappa shape index (κ2) is 7.33. The number of urea groups is 1. The van der Waals surface area contributed by atoms with Crippen LogP contribution in [0.25, 0.3) is 0 Å². The van der Waals surface area contributed by atoms with E-state index < -0.39 is 12.0 Å². The predicted octanol–water partition coefficient (Wildman–Crippen LogP) is 0.975. The number of aliphatic carboxylic acids is 1. The highest BCUT2D eigenvalue weighted by atomic mass is 16.4. The molecule has 110 valence electrons. The molecule has 6 nitrogen and oxygen atoms in total. The van der Waals surface area contributed by atoms with Crippen LogP contribution in [-0.2, 0) is 4.79 Å². The van der Waals surface area contributed by atoms with Crippen molar-refractivity contribution in [1.29, 1.82) is 0 Å². The number of likely N-dealkylation sites (N-methyl/N-ethyl adjacent to an activating group) is 1. The lowest BCUT2D eigenvalue weighted by molar-refractivity contribution is -0.143. The lowest BCUT2D eigenvalue weighted by Crippen LogP contribution is -2.52. The van der Waals surface area contributed by atoms with Crippen LogP contribution in [0.15, 0.2) is 0 Å². The number of carboxylic acid groups (broad SMARTS) is 1. The molecule has 0 spiro atoms. The van der Waals surface area contributed by atoms with Gasteiger partial charge in [0.05, 0.1) is 0 Å². The van der Waals surface area contributed by atoms with Crippen LogP contribution in [0, 0.1) is 0 Å². The maximum absolute atomic E-state index is 12.0. The molecule has 0 aliphatic carbocycles. The second-order valence-electron chi connectivity index (χ2n) is 5.35. The first-order chi connectivity index (χ1) is 8.93. The Bertz CT molecular complexity index is 320. The Morgan fingerprint density at radius 2 is 2.11 bits per heavy atom. The van der Waals surface area contributed by atoms with Gasteiger partial charge in [-0.3, -0.25) is 0 Å². The van der Waals surface area contributed by atoms with Gasteiger partial charge in [0.1, 0.15) is 6.04 Å². The Morgan fingerprint density at radius 1 is 1.42 bits per heavy atom. The summed E-state index contributed by atoms with van der Waals surface area (Å²) in [7, 11) is 2.00. The summed E-state index contributed by atoms with van der Waals surface area (Å²) in [6.45, 7) is 6.01. The van der Waals surface area contributed by atoms with E-state index >= 15 is 0 Å². The molecular weight excluding hydrogens is 246 g/mol. The fourth-order valence-corrected chi connectivity index (χ4v) is 2.13. The highest BCUT2D eigenvalue weighted by Crippen LogP contribution is 2.17. The number of nitrogens with one attached hydrogen (secondary N) is 1. The first-order valence-electron chi connectivity index (χ1n) is 6.91. The van der Waals surface area contributed by atoms with Crippen LogP contribution in [-0.4, -0.2) is 65.7 Å². The second-order valence-corrected chi connectivity index (χ2v) is 5.35. The largest absolute Gasteiger partial charge is 0.480 e. The molecule has 1 atom stereocenters. The van der Waals surface area contributed by atoms with Gasteiger partial charge in [-0.15, -0.1) is 0 Å². The molecule has 2 amide bonds. The molecule has 1 unspecified atom stereocenters. The van der Waals surface area contributed by atoms with Crippen molar-refractivity contribution in [1.82, 2.24) is 15.1 Å². The van der Waals surface area contributed by atoms with E-state index in [0.717, 1.165) is 19.4 Å². The predicted molar refractivity (Wildman–Crippen MR) is 73.1 cm³/mol. The smallest absolute Gasteiger partial charge is 0.326 e. The van der Waals surface area contributed by atoms with Crippen molar-refractivity contribution in [2.45, 2.75) is 45.2 Å². The fraction of sp³-hybridized carbons (Fsp3) is 0.846. The van der Waals surface area contributed by atoms with Crippen LogP contribution in [0.3, 0.4) is 0 Å². The van der Waals surface area contributed by atoms with Crippen LogP contribution in [0.1, 0.15) is 33.1 Å². The summed E-state index contributed by atoms with van der Waals surface area (Å²) in [6, 6.07) is -0.500. The third-order valence-electron chi connectivity index (χ3n) is 3.67. The Hall–Kier alpha value is -1.30. The van der Waals surface area contributed by atoms with Gasteiger partial charge in [0, 0.05) is 25.7 Å². The van der Waals surface area contributed by atoms with Gasteiger partial charge in [-0.2, -0.15) is 0 Å². The number of likely N-dealkylation sites (tertiary alicyclic amines) is 1. The molecule has 1 aliphatic heterocycles. The van der Waals surface area contributed by atoms with Gasteiger partial charge in [-0.1, -0.05) is 0 Å². The van der Waals surface area contributed by atoms with Crippen molar-refractivity contribution in [3.63, 3.8) is 0 Å². The third kappa shape index (κ3) is 4.70. The maximum atomic E-state index is 12.0. The van der Waals surface area contributed by atoms with Crippen LogP contribution in [0.2, 0.25) is 0 Å². The normalized spacial score (nSPS) is 19.8. The summed E-state index contributed by atoms with van der Waals surface area (Å²) < 4.78 is 0. The number of rotatable bonds is 5. The number of carbonyl (C=O) groups excluding carboxylic acids is 1. The summed E-state index contributed by atoms with van der Waals surface area (Å²) in [6.07, 6.45) is 2.30. The molecule has 1 aliphatic rings. The Labute approximate surface area is 114 Å². The zero-order valence-electron chi connectivity index (χ0n) is 12.1. The van der Waals surface area contributed by atoms with Crippen molar-refractivity contribution in [2.24, 2.45) is 0 Å². The lowest BCUT2D eigenvalue weighted by Gasteiger charge is -2.33.